The fourth-order valence-electron chi connectivity index (χ4n) is 4.04. The van der Waals surface area contributed by atoms with Crippen molar-refractivity contribution >= 4 is 34.1 Å². The summed E-state index contributed by atoms with van der Waals surface area (Å²) in [5.41, 5.74) is 3.38. The minimum Gasteiger partial charge on any atom is -0.289 e. The van der Waals surface area contributed by atoms with Crippen molar-refractivity contribution in [3.63, 3.8) is 0 Å². The number of rotatable bonds is 3. The number of amides is 2. The van der Waals surface area contributed by atoms with E-state index in [0.717, 1.165) is 5.56 Å². The highest BCUT2D eigenvalue weighted by atomic mass is 16.2. The van der Waals surface area contributed by atoms with E-state index in [9.17, 15) is 14.4 Å². The molecule has 0 saturated heterocycles. The summed E-state index contributed by atoms with van der Waals surface area (Å²) < 4.78 is 0. The summed E-state index contributed by atoms with van der Waals surface area (Å²) in [5, 5.41) is 1.16. The molecule has 1 heterocycles. The van der Waals surface area contributed by atoms with E-state index in [1.165, 1.54) is 4.90 Å². The van der Waals surface area contributed by atoms with Gasteiger partial charge < -0.3 is 0 Å². The molecule has 0 atom stereocenters. The Morgan fingerprint density at radius 2 is 1.43 bits per heavy atom. The summed E-state index contributed by atoms with van der Waals surface area (Å²) in [7, 11) is 0. The monoisotopic (exact) mass is 391 g/mol. The topological polar surface area (TPSA) is 54.5 Å². The van der Waals surface area contributed by atoms with Gasteiger partial charge in [-0.05, 0) is 48.2 Å². The summed E-state index contributed by atoms with van der Waals surface area (Å²) in [4.78, 5) is 40.9. The van der Waals surface area contributed by atoms with Gasteiger partial charge in [0, 0.05) is 27.6 Å². The van der Waals surface area contributed by atoms with Gasteiger partial charge in [0.1, 0.15) is 0 Å². The van der Waals surface area contributed by atoms with Crippen LogP contribution in [0.4, 0.5) is 5.69 Å². The molecule has 1 aliphatic heterocycles. The summed E-state index contributed by atoms with van der Waals surface area (Å²) in [6.07, 6.45) is 0. The predicted molar refractivity (Wildman–Crippen MR) is 116 cm³/mol. The highest BCUT2D eigenvalue weighted by Gasteiger charge is 2.34. The Kier molecular flexibility index (Phi) is 4.07. The molecule has 4 aromatic carbocycles. The number of carbonyl (C=O) groups excluding carboxylic acids is 3. The van der Waals surface area contributed by atoms with Crippen LogP contribution in [-0.2, 0) is 0 Å². The molecule has 144 valence electrons. The van der Waals surface area contributed by atoms with Crippen molar-refractivity contribution in [1.82, 2.24) is 0 Å². The van der Waals surface area contributed by atoms with Gasteiger partial charge in [-0.3, -0.25) is 14.4 Å². The third-order valence-corrected chi connectivity index (χ3v) is 5.45. The quantitative estimate of drug-likeness (QED) is 0.357. The molecule has 4 heteroatoms. The number of benzene rings is 4. The van der Waals surface area contributed by atoms with Gasteiger partial charge in [-0.25, -0.2) is 4.90 Å². The average Bonchev–Trinajstić information content (AvgIpc) is 2.77. The van der Waals surface area contributed by atoms with E-state index in [0.29, 0.717) is 38.7 Å². The molecular weight excluding hydrogens is 374 g/mol. The van der Waals surface area contributed by atoms with Gasteiger partial charge in [-0.15, -0.1) is 0 Å². The lowest BCUT2D eigenvalue weighted by Gasteiger charge is -2.28. The smallest absolute Gasteiger partial charge is 0.265 e. The zero-order valence-corrected chi connectivity index (χ0v) is 16.3. The van der Waals surface area contributed by atoms with Crippen LogP contribution in [0.3, 0.4) is 0 Å². The fourth-order valence-corrected chi connectivity index (χ4v) is 4.04. The maximum Gasteiger partial charge on any atom is 0.265 e. The first-order valence-electron chi connectivity index (χ1n) is 9.67. The van der Waals surface area contributed by atoms with Crippen LogP contribution in [0, 0.1) is 6.92 Å². The first-order chi connectivity index (χ1) is 14.6. The van der Waals surface area contributed by atoms with Crippen LogP contribution in [0.2, 0.25) is 0 Å². The maximum atomic E-state index is 13.3. The number of anilines is 1. The summed E-state index contributed by atoms with van der Waals surface area (Å²) in [6, 6.07) is 24.9. The van der Waals surface area contributed by atoms with E-state index in [4.69, 9.17) is 0 Å². The minimum absolute atomic E-state index is 0.139. The number of aryl methyl sites for hydroxylation is 1. The predicted octanol–water partition coefficient (Wildman–Crippen LogP) is 5.18. The molecule has 0 radical (unpaired) electrons. The Balaban J connectivity index is 1.71. The molecule has 0 saturated carbocycles. The third-order valence-electron chi connectivity index (χ3n) is 5.45. The van der Waals surface area contributed by atoms with Crippen LogP contribution in [0.15, 0.2) is 84.9 Å². The molecule has 1 aliphatic rings. The summed E-state index contributed by atoms with van der Waals surface area (Å²) >= 11 is 0. The van der Waals surface area contributed by atoms with Crippen LogP contribution in [0.1, 0.15) is 42.2 Å². The Hall–Kier alpha value is -4.05. The number of hydrogen-bond donors (Lipinski definition) is 0. The second kappa shape index (κ2) is 6.78. The molecule has 30 heavy (non-hydrogen) atoms. The molecule has 5 rings (SSSR count). The maximum absolute atomic E-state index is 13.3. The van der Waals surface area contributed by atoms with E-state index in [2.05, 4.69) is 0 Å². The number of carbonyl (C=O) groups is 3. The average molecular weight is 391 g/mol. The molecule has 0 spiro atoms. The number of ketones is 1. The molecule has 0 fully saturated rings. The van der Waals surface area contributed by atoms with E-state index in [1.54, 1.807) is 48.5 Å². The number of nitrogens with zero attached hydrogens (tertiary/aromatic N) is 1. The Labute approximate surface area is 173 Å². The molecular formula is C26H17NO3. The first kappa shape index (κ1) is 18.0. The second-order valence-electron chi connectivity index (χ2n) is 7.37. The van der Waals surface area contributed by atoms with Crippen LogP contribution in [0.25, 0.3) is 10.8 Å². The molecule has 0 aliphatic carbocycles. The SMILES string of the molecule is Cc1cccc(N2C(=O)c3cccc4c(C(=O)c5ccccc5)ccc(c34)C2=O)c1. The largest absolute Gasteiger partial charge is 0.289 e. The van der Waals surface area contributed by atoms with Crippen molar-refractivity contribution in [1.29, 1.82) is 0 Å². The molecule has 0 bridgehead atoms. The second-order valence-corrected chi connectivity index (χ2v) is 7.37. The highest BCUT2D eigenvalue weighted by molar-refractivity contribution is 6.37. The summed E-state index contributed by atoms with van der Waals surface area (Å²) in [5.74, 6) is -0.902. The van der Waals surface area contributed by atoms with Crippen molar-refractivity contribution in [2.45, 2.75) is 6.92 Å². The lowest BCUT2D eigenvalue weighted by molar-refractivity contribution is 0.0892. The lowest BCUT2D eigenvalue weighted by atomic mass is 9.88. The Bertz CT molecular complexity index is 1330. The van der Waals surface area contributed by atoms with Gasteiger partial charge >= 0.3 is 0 Å². The van der Waals surface area contributed by atoms with Crippen molar-refractivity contribution in [2.75, 3.05) is 4.90 Å². The van der Waals surface area contributed by atoms with E-state index in [1.807, 2.05) is 43.3 Å². The molecule has 2 amide bonds. The zero-order valence-electron chi connectivity index (χ0n) is 16.3. The first-order valence-corrected chi connectivity index (χ1v) is 9.67. The number of imide groups is 1. The van der Waals surface area contributed by atoms with Crippen molar-refractivity contribution < 1.29 is 14.4 Å². The normalized spacial score (nSPS) is 13.0. The van der Waals surface area contributed by atoms with Crippen LogP contribution in [0.5, 0.6) is 0 Å². The van der Waals surface area contributed by atoms with Crippen LogP contribution < -0.4 is 4.90 Å². The zero-order chi connectivity index (χ0) is 20.8. The summed E-state index contributed by atoms with van der Waals surface area (Å²) in [6.45, 7) is 1.92. The Morgan fingerprint density at radius 1 is 0.733 bits per heavy atom. The standard InChI is InChI=1S/C26H17NO3/c1-16-7-5-10-18(15-16)27-25(29)21-12-6-11-19-20(13-14-22(23(19)21)26(27)30)24(28)17-8-3-2-4-9-17/h2-15H,1H3. The van der Waals surface area contributed by atoms with Crippen LogP contribution in [-0.4, -0.2) is 17.6 Å². The molecule has 4 nitrogen and oxygen atoms in total. The van der Waals surface area contributed by atoms with Crippen molar-refractivity contribution in [3.05, 3.63) is 113 Å². The molecule has 0 N–H and O–H groups in total. The van der Waals surface area contributed by atoms with Crippen LogP contribution >= 0.6 is 0 Å². The molecule has 0 unspecified atom stereocenters. The lowest BCUT2D eigenvalue weighted by Crippen LogP contribution is -2.40. The van der Waals surface area contributed by atoms with E-state index < -0.39 is 0 Å². The van der Waals surface area contributed by atoms with Gasteiger partial charge in [0.25, 0.3) is 11.8 Å². The third kappa shape index (κ3) is 2.65. The highest BCUT2D eigenvalue weighted by Crippen LogP contribution is 2.35. The molecule has 4 aromatic rings. The van der Waals surface area contributed by atoms with Gasteiger partial charge in [-0.2, -0.15) is 0 Å². The van der Waals surface area contributed by atoms with E-state index >= 15 is 0 Å². The van der Waals surface area contributed by atoms with Gasteiger partial charge in [-0.1, -0.05) is 54.6 Å². The van der Waals surface area contributed by atoms with E-state index in [-0.39, 0.29) is 17.6 Å². The minimum atomic E-state index is -0.381. The van der Waals surface area contributed by atoms with Gasteiger partial charge in [0.2, 0.25) is 0 Å². The Morgan fingerprint density at radius 3 is 2.17 bits per heavy atom. The molecule has 0 aromatic heterocycles. The van der Waals surface area contributed by atoms with Crippen molar-refractivity contribution in [2.24, 2.45) is 0 Å². The van der Waals surface area contributed by atoms with Crippen molar-refractivity contribution in [3.8, 4) is 0 Å². The van der Waals surface area contributed by atoms with Gasteiger partial charge in [0.15, 0.2) is 5.78 Å². The fraction of sp³-hybridized carbons (Fsp3) is 0.0385. The van der Waals surface area contributed by atoms with Gasteiger partial charge in [0.05, 0.1) is 5.69 Å². The number of hydrogen-bond acceptors (Lipinski definition) is 3.